The first-order valence-corrected chi connectivity index (χ1v) is 12.2. The zero-order valence-electron chi connectivity index (χ0n) is 18.6. The number of hydrogen-bond acceptors (Lipinski definition) is 3. The van der Waals surface area contributed by atoms with Gasteiger partial charge in [-0.25, -0.2) is 4.98 Å². The first-order chi connectivity index (χ1) is 15.2. The molecule has 6 heteroatoms. The van der Waals surface area contributed by atoms with Gasteiger partial charge in [0.15, 0.2) is 0 Å². The largest absolute Gasteiger partial charge is 0.356 e. The molecule has 4 rings (SSSR count). The summed E-state index contributed by atoms with van der Waals surface area (Å²) in [5.74, 6) is 1.40. The highest BCUT2D eigenvalue weighted by molar-refractivity contribution is 5.81. The number of carbonyl (C=O) groups excluding carboxylic acids is 2. The van der Waals surface area contributed by atoms with Crippen LogP contribution in [-0.4, -0.2) is 34.0 Å². The molecule has 2 aromatic rings. The molecule has 0 spiro atoms. The van der Waals surface area contributed by atoms with Gasteiger partial charge in [0.1, 0.15) is 12.4 Å². The van der Waals surface area contributed by atoms with Crippen LogP contribution in [0.1, 0.15) is 76.5 Å². The fraction of sp³-hybridized carbons (Fsp3) is 0.640. The van der Waals surface area contributed by atoms with Crippen LogP contribution < -0.4 is 10.6 Å². The lowest BCUT2D eigenvalue weighted by atomic mass is 9.89. The van der Waals surface area contributed by atoms with Crippen LogP contribution in [0.4, 0.5) is 0 Å². The number of carbonyl (C=O) groups is 2. The van der Waals surface area contributed by atoms with E-state index in [0.717, 1.165) is 55.4 Å². The van der Waals surface area contributed by atoms with Gasteiger partial charge < -0.3 is 15.2 Å². The van der Waals surface area contributed by atoms with Crippen molar-refractivity contribution >= 4 is 22.8 Å². The van der Waals surface area contributed by atoms with Gasteiger partial charge in [-0.15, -0.1) is 0 Å². The fourth-order valence-electron chi connectivity index (χ4n) is 5.12. The zero-order valence-corrected chi connectivity index (χ0v) is 18.6. The standard InChI is InChI=1S/C25H36N4O2/c30-24(27-20-12-5-2-6-13-20)18-29-22-15-8-7-14-21(22)28-23(29)16-9-17-26-25(31)19-10-3-1-4-11-19/h7-8,14-15,19-20H,1-6,9-13,16-18H2,(H,26,31)(H,27,30). The molecule has 168 valence electrons. The van der Waals surface area contributed by atoms with Gasteiger partial charge in [-0.2, -0.15) is 0 Å². The maximum Gasteiger partial charge on any atom is 0.240 e. The van der Waals surface area contributed by atoms with Gasteiger partial charge in [0, 0.05) is 24.9 Å². The van der Waals surface area contributed by atoms with Crippen molar-refractivity contribution in [3.8, 4) is 0 Å². The molecule has 1 aromatic heterocycles. The van der Waals surface area contributed by atoms with Crippen LogP contribution in [0.3, 0.4) is 0 Å². The Balaban J connectivity index is 1.34. The molecule has 1 heterocycles. The molecule has 0 aliphatic heterocycles. The number of fused-ring (bicyclic) bond motifs is 1. The Labute approximate surface area is 185 Å². The number of nitrogens with zero attached hydrogens (tertiary/aromatic N) is 2. The van der Waals surface area contributed by atoms with Gasteiger partial charge in [-0.1, -0.05) is 50.7 Å². The number of imidazole rings is 1. The molecule has 2 saturated carbocycles. The lowest BCUT2D eigenvalue weighted by Gasteiger charge is -2.23. The van der Waals surface area contributed by atoms with E-state index in [4.69, 9.17) is 4.98 Å². The summed E-state index contributed by atoms with van der Waals surface area (Å²) in [5, 5.41) is 6.34. The summed E-state index contributed by atoms with van der Waals surface area (Å²) in [7, 11) is 0. The summed E-state index contributed by atoms with van der Waals surface area (Å²) < 4.78 is 2.05. The fourth-order valence-corrected chi connectivity index (χ4v) is 5.12. The SMILES string of the molecule is O=C(Cn1c(CCCNC(=O)C2CCCCC2)nc2ccccc21)NC1CCCCC1. The molecule has 1 aromatic carbocycles. The summed E-state index contributed by atoms with van der Waals surface area (Å²) in [6.07, 6.45) is 13.1. The van der Waals surface area contributed by atoms with Gasteiger partial charge in [0.25, 0.3) is 0 Å². The van der Waals surface area contributed by atoms with E-state index in [1.165, 1.54) is 38.5 Å². The van der Waals surface area contributed by atoms with Gasteiger partial charge in [0.05, 0.1) is 11.0 Å². The summed E-state index contributed by atoms with van der Waals surface area (Å²) in [4.78, 5) is 29.9. The van der Waals surface area contributed by atoms with Gasteiger partial charge in [-0.3, -0.25) is 9.59 Å². The van der Waals surface area contributed by atoms with E-state index < -0.39 is 0 Å². The number of benzene rings is 1. The molecule has 2 aliphatic rings. The Hall–Kier alpha value is -2.37. The van der Waals surface area contributed by atoms with Crippen LogP contribution in [0.2, 0.25) is 0 Å². The van der Waals surface area contributed by atoms with Crippen LogP contribution in [0.25, 0.3) is 11.0 Å². The average Bonchev–Trinajstić information content (AvgIpc) is 3.15. The Morgan fingerprint density at radius 1 is 0.968 bits per heavy atom. The number of nitrogens with one attached hydrogen (secondary N) is 2. The number of aromatic nitrogens is 2. The van der Waals surface area contributed by atoms with Crippen molar-refractivity contribution in [2.24, 2.45) is 5.92 Å². The second-order valence-corrected chi connectivity index (χ2v) is 9.23. The molecule has 2 aliphatic carbocycles. The highest BCUT2D eigenvalue weighted by Crippen LogP contribution is 2.23. The summed E-state index contributed by atoms with van der Waals surface area (Å²) in [5.41, 5.74) is 1.93. The van der Waals surface area contributed by atoms with Crippen LogP contribution in [0, 0.1) is 5.92 Å². The van der Waals surface area contributed by atoms with Crippen molar-refractivity contribution in [2.75, 3.05) is 6.54 Å². The van der Waals surface area contributed by atoms with E-state index >= 15 is 0 Å². The predicted octanol–water partition coefficient (Wildman–Crippen LogP) is 4.11. The van der Waals surface area contributed by atoms with Crippen molar-refractivity contribution in [3.63, 3.8) is 0 Å². The monoisotopic (exact) mass is 424 g/mol. The summed E-state index contributed by atoms with van der Waals surface area (Å²) in [6.45, 7) is 0.966. The molecular weight excluding hydrogens is 388 g/mol. The van der Waals surface area contributed by atoms with Crippen molar-refractivity contribution in [1.29, 1.82) is 0 Å². The van der Waals surface area contributed by atoms with Crippen molar-refractivity contribution in [2.45, 2.75) is 89.6 Å². The lowest BCUT2D eigenvalue weighted by molar-refractivity contribution is -0.126. The third-order valence-electron chi connectivity index (χ3n) is 6.86. The summed E-state index contributed by atoms with van der Waals surface area (Å²) >= 11 is 0. The normalized spacial score (nSPS) is 18.2. The second-order valence-electron chi connectivity index (χ2n) is 9.23. The van der Waals surface area contributed by atoms with Gasteiger partial charge in [-0.05, 0) is 44.2 Å². The highest BCUT2D eigenvalue weighted by atomic mass is 16.2. The molecule has 0 atom stereocenters. The van der Waals surface area contributed by atoms with Crippen molar-refractivity contribution < 1.29 is 9.59 Å². The van der Waals surface area contributed by atoms with Gasteiger partial charge in [0.2, 0.25) is 11.8 Å². The third kappa shape index (κ3) is 5.86. The van der Waals surface area contributed by atoms with Crippen molar-refractivity contribution in [1.82, 2.24) is 20.2 Å². The number of para-hydroxylation sites is 2. The average molecular weight is 425 g/mol. The minimum Gasteiger partial charge on any atom is -0.356 e. The quantitative estimate of drug-likeness (QED) is 0.626. The molecule has 0 radical (unpaired) electrons. The minimum absolute atomic E-state index is 0.0712. The van der Waals surface area contributed by atoms with Crippen molar-refractivity contribution in [3.05, 3.63) is 30.1 Å². The first-order valence-electron chi connectivity index (χ1n) is 12.2. The Bertz CT molecular complexity index is 879. The molecule has 2 N–H and O–H groups in total. The zero-order chi connectivity index (χ0) is 21.5. The maximum absolute atomic E-state index is 12.8. The molecule has 2 amide bonds. The number of aryl methyl sites for hydroxylation is 1. The smallest absolute Gasteiger partial charge is 0.240 e. The molecule has 0 unspecified atom stereocenters. The maximum atomic E-state index is 12.8. The van der Waals surface area contributed by atoms with E-state index in [9.17, 15) is 9.59 Å². The van der Waals surface area contributed by atoms with E-state index in [-0.39, 0.29) is 17.7 Å². The Morgan fingerprint density at radius 2 is 1.68 bits per heavy atom. The molecule has 6 nitrogen and oxygen atoms in total. The van der Waals surface area contributed by atoms with Crippen LogP contribution in [0.5, 0.6) is 0 Å². The van der Waals surface area contributed by atoms with Crippen LogP contribution in [0.15, 0.2) is 24.3 Å². The Morgan fingerprint density at radius 3 is 2.45 bits per heavy atom. The molecular formula is C25H36N4O2. The number of rotatable bonds is 8. The predicted molar refractivity (Wildman–Crippen MR) is 123 cm³/mol. The van der Waals surface area contributed by atoms with E-state index in [2.05, 4.69) is 15.2 Å². The van der Waals surface area contributed by atoms with E-state index in [1.807, 2.05) is 24.3 Å². The molecule has 2 fully saturated rings. The number of hydrogen-bond donors (Lipinski definition) is 2. The minimum atomic E-state index is 0.0712. The Kier molecular flexibility index (Phi) is 7.60. The van der Waals surface area contributed by atoms with E-state index in [1.54, 1.807) is 0 Å². The first kappa shape index (κ1) is 21.8. The van der Waals surface area contributed by atoms with Crippen LogP contribution in [-0.2, 0) is 22.6 Å². The topological polar surface area (TPSA) is 76.0 Å². The third-order valence-corrected chi connectivity index (χ3v) is 6.86. The lowest BCUT2D eigenvalue weighted by Crippen LogP contribution is -2.38. The van der Waals surface area contributed by atoms with Crippen LogP contribution >= 0.6 is 0 Å². The molecule has 31 heavy (non-hydrogen) atoms. The van der Waals surface area contributed by atoms with E-state index in [0.29, 0.717) is 19.1 Å². The van der Waals surface area contributed by atoms with Gasteiger partial charge >= 0.3 is 0 Å². The highest BCUT2D eigenvalue weighted by Gasteiger charge is 2.21. The summed E-state index contributed by atoms with van der Waals surface area (Å²) in [6, 6.07) is 8.32. The number of amides is 2. The second kappa shape index (κ2) is 10.8. The molecule has 0 bridgehead atoms. The molecule has 0 saturated heterocycles.